The van der Waals surface area contributed by atoms with Gasteiger partial charge in [-0.15, -0.1) is 0 Å². The Hall–Kier alpha value is -4.59. The smallest absolute Gasteiger partial charge is 0.470 e. The molecule has 4 rings (SSSR count). The van der Waals surface area contributed by atoms with E-state index in [2.05, 4.69) is 110 Å². The fourth-order valence-corrected chi connectivity index (χ4v) is 16.2. The number of benzene rings is 3. The SMILES string of the molecule is CCCCCCCCCCC[C@H](CC(=O)NC1CC(NC(=O)C[C@@H](CCCCCCCCCCC)OCCCCCCCCc2ccccc2)[C@H](OP(=O)(O)O)C(CO)O[C@H]1OC[C@H](NC(=O)C[C@@H](CCCCCCCCCCC)OCCCCCCCCc1ccccc1)C(=O)O)OCCCCCCCCc1ccccc1. The summed E-state index contributed by atoms with van der Waals surface area (Å²) >= 11 is 0. The summed E-state index contributed by atoms with van der Waals surface area (Å²) in [6, 6.07) is 27.5. The highest BCUT2D eigenvalue weighted by atomic mass is 31.2. The fraction of sp³-hybridized carbons (Fsp3) is 0.766. The van der Waals surface area contributed by atoms with Gasteiger partial charge in [0.1, 0.15) is 12.2 Å². The van der Waals surface area contributed by atoms with Crippen molar-refractivity contribution in [3.8, 4) is 0 Å². The molecule has 0 aliphatic carbocycles. The van der Waals surface area contributed by atoms with Gasteiger partial charge in [0, 0.05) is 19.8 Å². The number of nitrogens with one attached hydrogen (secondary N) is 3. The summed E-state index contributed by atoms with van der Waals surface area (Å²) in [5, 5.41) is 30.9. The normalized spacial score (nSPS) is 17.0. The van der Waals surface area contributed by atoms with E-state index in [9.17, 15) is 43.7 Å². The van der Waals surface area contributed by atoms with Gasteiger partial charge in [0.05, 0.1) is 62.9 Å². The molecule has 7 N–H and O–H groups in total. The molecule has 3 aromatic carbocycles. The van der Waals surface area contributed by atoms with E-state index in [-0.39, 0.29) is 25.7 Å². The highest BCUT2D eigenvalue weighted by molar-refractivity contribution is 7.46. The van der Waals surface area contributed by atoms with Crippen LogP contribution in [-0.4, -0.2) is 132 Å². The summed E-state index contributed by atoms with van der Waals surface area (Å²) in [6.45, 7) is 6.51. The number of phosphoric ester groups is 1. The first-order chi connectivity index (χ1) is 55.2. The van der Waals surface area contributed by atoms with Crippen LogP contribution in [0.5, 0.6) is 0 Å². The Bertz CT molecular complexity index is 2790. The number of aliphatic hydroxyl groups is 1. The molecule has 646 valence electrons. The van der Waals surface area contributed by atoms with Gasteiger partial charge in [-0.1, -0.05) is 362 Å². The van der Waals surface area contributed by atoms with Gasteiger partial charge in [0.2, 0.25) is 17.7 Å². The summed E-state index contributed by atoms with van der Waals surface area (Å²) in [5.41, 5.74) is 4.07. The Balaban J connectivity index is 1.57. The van der Waals surface area contributed by atoms with E-state index in [1.165, 1.54) is 113 Å². The van der Waals surface area contributed by atoms with E-state index in [0.29, 0.717) is 39.1 Å². The standard InChI is InChI=1S/C94H160N3O15P/c1-4-7-10-13-16-19-22-34-52-67-82(107-70-55-37-28-25-31-43-58-79-61-46-40-47-62-79)73-89(99)95-85-76-86(96-90(100)74-83(68-53-35-23-20-17-14-11-8-5-2)108-71-56-38-29-26-32-44-59-80-63-48-41-49-64-80)94(111-88(77-98)92(85)112-113(104,105)106)110-78-87(93(102)103)97-91(101)75-84(69-54-36-24-21-18-15-12-9-6-3)109-72-57-39-30-27-33-45-60-81-65-50-42-51-66-81/h40-42,46-51,61-66,82-88,92,94,98H,4-39,43-45,52-60,67-78H2,1-3H3,(H,95,99)(H,96,100)(H,97,101)(H,102,103)(H2,104,105,106)/t82-,83-,84-,85?,86?,87+,88?,92+,94-/m1/s1. The number of carbonyl (C=O) groups excluding carboxylic acids is 3. The van der Waals surface area contributed by atoms with Crippen LogP contribution in [0.3, 0.4) is 0 Å². The lowest BCUT2D eigenvalue weighted by Crippen LogP contribution is -2.52. The third kappa shape index (κ3) is 54.2. The van der Waals surface area contributed by atoms with E-state index in [0.717, 1.165) is 212 Å². The van der Waals surface area contributed by atoms with Gasteiger partial charge in [0.25, 0.3) is 0 Å². The first-order valence-electron chi connectivity index (χ1n) is 45.9. The fourth-order valence-electron chi connectivity index (χ4n) is 15.6. The number of hydrogen-bond donors (Lipinski definition) is 7. The average Bonchev–Trinajstić information content (AvgIpc) is 1.68. The zero-order valence-electron chi connectivity index (χ0n) is 71.0. The molecule has 0 saturated carbocycles. The van der Waals surface area contributed by atoms with Gasteiger partial charge in [-0.3, -0.25) is 18.9 Å². The van der Waals surface area contributed by atoms with Crippen LogP contribution in [0.2, 0.25) is 0 Å². The summed E-state index contributed by atoms with van der Waals surface area (Å²) in [7, 11) is -5.40. The second kappa shape index (κ2) is 68.3. The lowest BCUT2D eigenvalue weighted by Gasteiger charge is -2.31. The van der Waals surface area contributed by atoms with Gasteiger partial charge in [-0.05, 0) is 100 Å². The quantitative estimate of drug-likeness (QED) is 0.0205. The molecule has 113 heavy (non-hydrogen) atoms. The van der Waals surface area contributed by atoms with E-state index in [1.54, 1.807) is 0 Å². The van der Waals surface area contributed by atoms with Gasteiger partial charge in [0.15, 0.2) is 12.3 Å². The summed E-state index contributed by atoms with van der Waals surface area (Å²) in [5.74, 6) is -2.88. The average molecular weight is 1600 g/mol. The number of aryl methyl sites for hydroxylation is 3. The van der Waals surface area contributed by atoms with Crippen molar-refractivity contribution in [2.24, 2.45) is 0 Å². The summed E-state index contributed by atoms with van der Waals surface area (Å²) < 4.78 is 51.1. The largest absolute Gasteiger partial charge is 0.480 e. The lowest BCUT2D eigenvalue weighted by molar-refractivity contribution is -0.205. The van der Waals surface area contributed by atoms with Crippen LogP contribution in [0.15, 0.2) is 91.0 Å². The molecule has 3 unspecified atom stereocenters. The van der Waals surface area contributed by atoms with Crippen LogP contribution in [-0.2, 0) is 71.2 Å². The van der Waals surface area contributed by atoms with Gasteiger partial charge < -0.3 is 59.6 Å². The molecule has 3 amide bonds. The van der Waals surface area contributed by atoms with Crippen molar-refractivity contribution in [1.82, 2.24) is 16.0 Å². The topological polar surface area (TPSA) is 258 Å². The van der Waals surface area contributed by atoms with Crippen LogP contribution in [0, 0.1) is 0 Å². The maximum Gasteiger partial charge on any atom is 0.470 e. The van der Waals surface area contributed by atoms with Crippen molar-refractivity contribution < 1.29 is 72.0 Å². The van der Waals surface area contributed by atoms with E-state index in [4.69, 9.17) is 28.2 Å². The van der Waals surface area contributed by atoms with Crippen molar-refractivity contribution in [3.63, 3.8) is 0 Å². The first kappa shape index (κ1) is 101. The third-order valence-corrected chi connectivity index (χ3v) is 22.9. The summed E-state index contributed by atoms with van der Waals surface area (Å²) in [6.07, 6.45) is 47.8. The van der Waals surface area contributed by atoms with Crippen LogP contribution in [0.25, 0.3) is 0 Å². The molecule has 9 atom stereocenters. The van der Waals surface area contributed by atoms with Gasteiger partial charge >= 0.3 is 13.8 Å². The Morgan fingerprint density at radius 1 is 0.416 bits per heavy atom. The monoisotopic (exact) mass is 1600 g/mol. The number of unbranched alkanes of at least 4 members (excludes halogenated alkanes) is 39. The number of ether oxygens (including phenoxy) is 5. The zero-order chi connectivity index (χ0) is 81.1. The van der Waals surface area contributed by atoms with Crippen molar-refractivity contribution in [1.29, 1.82) is 0 Å². The number of hydrogen-bond acceptors (Lipinski definition) is 12. The predicted octanol–water partition coefficient (Wildman–Crippen LogP) is 22.0. The maximum absolute atomic E-state index is 14.9. The number of carboxylic acid groups (broad SMARTS) is 1. The highest BCUT2D eigenvalue weighted by Crippen LogP contribution is 2.41. The second-order valence-corrected chi connectivity index (χ2v) is 33.9. The van der Waals surface area contributed by atoms with Crippen LogP contribution < -0.4 is 16.0 Å². The van der Waals surface area contributed by atoms with Crippen LogP contribution in [0.4, 0.5) is 0 Å². The van der Waals surface area contributed by atoms with Gasteiger partial charge in [-0.2, -0.15) is 0 Å². The molecule has 1 aliphatic heterocycles. The molecule has 0 spiro atoms. The van der Waals surface area contributed by atoms with Crippen molar-refractivity contribution >= 4 is 31.5 Å². The minimum absolute atomic E-state index is 0.0555. The lowest BCUT2D eigenvalue weighted by atomic mass is 9.98. The Labute approximate surface area is 685 Å². The van der Waals surface area contributed by atoms with E-state index >= 15 is 0 Å². The van der Waals surface area contributed by atoms with Crippen molar-refractivity contribution in [2.75, 3.05) is 33.0 Å². The molecule has 19 heteroatoms. The Morgan fingerprint density at radius 2 is 0.717 bits per heavy atom. The molecule has 0 bridgehead atoms. The number of amides is 3. The minimum atomic E-state index is -5.40. The molecule has 18 nitrogen and oxygen atoms in total. The third-order valence-electron chi connectivity index (χ3n) is 22.4. The van der Waals surface area contributed by atoms with Gasteiger partial charge in [-0.25, -0.2) is 9.36 Å². The molecule has 1 fully saturated rings. The van der Waals surface area contributed by atoms with Crippen molar-refractivity contribution in [3.05, 3.63) is 108 Å². The number of aliphatic carboxylic acids is 1. The molecule has 1 aliphatic rings. The maximum atomic E-state index is 14.9. The number of carboxylic acids is 1. The minimum Gasteiger partial charge on any atom is -0.480 e. The zero-order valence-corrected chi connectivity index (χ0v) is 71.9. The molecule has 0 aromatic heterocycles. The molecular weight excluding hydrogens is 1440 g/mol. The molecular formula is C94H160N3O15P. The van der Waals surface area contributed by atoms with Crippen LogP contribution >= 0.6 is 7.82 Å². The number of phosphoric acid groups is 1. The second-order valence-electron chi connectivity index (χ2n) is 32.7. The molecule has 1 saturated heterocycles. The number of aliphatic hydroxyl groups excluding tert-OH is 1. The van der Waals surface area contributed by atoms with Crippen LogP contribution in [0.1, 0.15) is 371 Å². The predicted molar refractivity (Wildman–Crippen MR) is 459 cm³/mol. The Kier molecular flexibility index (Phi) is 60.9. The number of carbonyl (C=O) groups is 4. The molecule has 3 aromatic rings. The molecule has 1 heterocycles. The summed E-state index contributed by atoms with van der Waals surface area (Å²) in [4.78, 5) is 78.4. The van der Waals surface area contributed by atoms with E-state index < -0.39 is 99.7 Å². The first-order valence-corrected chi connectivity index (χ1v) is 47.4. The number of rotatable bonds is 76. The highest BCUT2D eigenvalue weighted by Gasteiger charge is 2.46. The Morgan fingerprint density at radius 3 is 1.04 bits per heavy atom. The molecule has 0 radical (unpaired) electrons. The van der Waals surface area contributed by atoms with E-state index in [1.807, 2.05) is 18.2 Å². The van der Waals surface area contributed by atoms with Crippen molar-refractivity contribution in [2.45, 2.75) is 429 Å².